The van der Waals surface area contributed by atoms with Crippen LogP contribution in [0, 0.1) is 5.41 Å². The predicted octanol–water partition coefficient (Wildman–Crippen LogP) is 2.12. The highest BCUT2D eigenvalue weighted by Gasteiger charge is 2.29. The zero-order chi connectivity index (χ0) is 13.9. The summed E-state index contributed by atoms with van der Waals surface area (Å²) in [4.78, 5) is 8.13. The number of anilines is 1. The number of nitrogens with zero attached hydrogens (tertiary/aromatic N) is 2. The van der Waals surface area contributed by atoms with Gasteiger partial charge in [0.2, 0.25) is 5.75 Å². The Kier molecular flexibility index (Phi) is 4.09. The van der Waals surface area contributed by atoms with Crippen LogP contribution >= 0.6 is 0 Å². The number of hydrogen-bond acceptors (Lipinski definition) is 6. The second kappa shape index (κ2) is 5.61. The van der Waals surface area contributed by atoms with Crippen LogP contribution in [0.3, 0.4) is 0 Å². The van der Waals surface area contributed by atoms with Gasteiger partial charge in [0.05, 0.1) is 7.11 Å². The minimum absolute atomic E-state index is 0.183. The Hall–Kier alpha value is -1.56. The first kappa shape index (κ1) is 13.9. The van der Waals surface area contributed by atoms with Gasteiger partial charge in [-0.25, -0.2) is 10.8 Å². The van der Waals surface area contributed by atoms with E-state index in [1.54, 1.807) is 7.11 Å². The summed E-state index contributed by atoms with van der Waals surface area (Å²) >= 11 is 0. The van der Waals surface area contributed by atoms with Crippen molar-refractivity contribution in [1.82, 2.24) is 9.97 Å². The highest BCUT2D eigenvalue weighted by atomic mass is 16.5. The Morgan fingerprint density at radius 1 is 1.32 bits per heavy atom. The number of ether oxygens (including phenoxy) is 2. The summed E-state index contributed by atoms with van der Waals surface area (Å²) in [5, 5.41) is 0. The maximum atomic E-state index is 5.94. The maximum absolute atomic E-state index is 5.94. The van der Waals surface area contributed by atoms with Crippen molar-refractivity contribution in [2.24, 2.45) is 11.3 Å². The number of rotatable bonds is 4. The SMILES string of the molecule is COc1c(NN)ncnc1OC1CCC(C)(C)CC1. The Balaban J connectivity index is 2.07. The molecule has 0 amide bonds. The summed E-state index contributed by atoms with van der Waals surface area (Å²) in [5.41, 5.74) is 2.90. The largest absolute Gasteiger partial charge is 0.489 e. The molecule has 3 N–H and O–H groups in total. The van der Waals surface area contributed by atoms with Crippen molar-refractivity contribution >= 4 is 5.82 Å². The molecule has 1 heterocycles. The van der Waals surface area contributed by atoms with Crippen LogP contribution in [0.1, 0.15) is 39.5 Å². The summed E-state index contributed by atoms with van der Waals surface area (Å²) in [6, 6.07) is 0. The summed E-state index contributed by atoms with van der Waals surface area (Å²) in [6.45, 7) is 4.59. The molecule has 6 nitrogen and oxygen atoms in total. The van der Waals surface area contributed by atoms with Gasteiger partial charge in [0.15, 0.2) is 5.82 Å². The van der Waals surface area contributed by atoms with Crippen molar-refractivity contribution in [2.45, 2.75) is 45.6 Å². The van der Waals surface area contributed by atoms with Gasteiger partial charge in [-0.3, -0.25) is 0 Å². The van der Waals surface area contributed by atoms with Crippen LogP contribution in [0.2, 0.25) is 0 Å². The molecule has 0 bridgehead atoms. The first-order chi connectivity index (χ1) is 9.05. The van der Waals surface area contributed by atoms with Crippen LogP contribution in [0.5, 0.6) is 11.6 Å². The lowest BCUT2D eigenvalue weighted by Gasteiger charge is -2.34. The number of nitrogens with two attached hydrogens (primary N) is 1. The monoisotopic (exact) mass is 266 g/mol. The second-order valence-corrected chi connectivity index (χ2v) is 5.69. The number of hydrogen-bond donors (Lipinski definition) is 2. The van der Waals surface area contributed by atoms with E-state index in [1.165, 1.54) is 6.33 Å². The van der Waals surface area contributed by atoms with Gasteiger partial charge in [-0.05, 0) is 31.1 Å². The van der Waals surface area contributed by atoms with Crippen LogP contribution in [0.25, 0.3) is 0 Å². The van der Waals surface area contributed by atoms with Gasteiger partial charge in [0, 0.05) is 0 Å². The first-order valence-electron chi connectivity index (χ1n) is 6.58. The molecular weight excluding hydrogens is 244 g/mol. The van der Waals surface area contributed by atoms with Crippen LogP contribution in [0.15, 0.2) is 6.33 Å². The molecule has 1 fully saturated rings. The van der Waals surface area contributed by atoms with Gasteiger partial charge in [-0.2, -0.15) is 4.98 Å². The summed E-state index contributed by atoms with van der Waals surface area (Å²) in [7, 11) is 1.55. The fourth-order valence-corrected chi connectivity index (χ4v) is 2.38. The van der Waals surface area contributed by atoms with Crippen molar-refractivity contribution in [3.8, 4) is 11.6 Å². The van der Waals surface area contributed by atoms with E-state index in [-0.39, 0.29) is 6.10 Å². The number of hydrazine groups is 1. The molecule has 6 heteroatoms. The van der Waals surface area contributed by atoms with Crippen LogP contribution in [-0.2, 0) is 0 Å². The van der Waals surface area contributed by atoms with Crippen molar-refractivity contribution in [2.75, 3.05) is 12.5 Å². The molecular formula is C13H22N4O2. The molecule has 2 rings (SSSR count). The highest BCUT2D eigenvalue weighted by molar-refractivity contribution is 5.54. The fraction of sp³-hybridized carbons (Fsp3) is 0.692. The van der Waals surface area contributed by atoms with Gasteiger partial charge in [0.25, 0.3) is 5.88 Å². The van der Waals surface area contributed by atoms with E-state index in [2.05, 4.69) is 29.2 Å². The zero-order valence-corrected chi connectivity index (χ0v) is 11.8. The molecule has 1 aromatic rings. The van der Waals surface area contributed by atoms with Crippen LogP contribution in [-0.4, -0.2) is 23.2 Å². The lowest BCUT2D eigenvalue weighted by atomic mass is 9.76. The van der Waals surface area contributed by atoms with E-state index in [0.717, 1.165) is 25.7 Å². The summed E-state index contributed by atoms with van der Waals surface area (Å²) < 4.78 is 11.2. The van der Waals surface area contributed by atoms with Gasteiger partial charge in [0.1, 0.15) is 12.4 Å². The van der Waals surface area contributed by atoms with E-state index in [0.29, 0.717) is 22.9 Å². The third-order valence-electron chi connectivity index (χ3n) is 3.68. The molecule has 0 aromatic carbocycles. The molecule has 1 aliphatic carbocycles. The highest BCUT2D eigenvalue weighted by Crippen LogP contribution is 2.38. The molecule has 1 saturated carbocycles. The number of methoxy groups -OCH3 is 1. The quantitative estimate of drug-likeness (QED) is 0.641. The molecule has 0 unspecified atom stereocenters. The third-order valence-corrected chi connectivity index (χ3v) is 3.68. The first-order valence-corrected chi connectivity index (χ1v) is 6.58. The smallest absolute Gasteiger partial charge is 0.262 e. The Morgan fingerprint density at radius 2 is 2.00 bits per heavy atom. The van der Waals surface area contributed by atoms with Crippen molar-refractivity contribution in [1.29, 1.82) is 0 Å². The molecule has 0 atom stereocenters. The average molecular weight is 266 g/mol. The molecule has 0 radical (unpaired) electrons. The number of aromatic nitrogens is 2. The Morgan fingerprint density at radius 3 is 2.58 bits per heavy atom. The van der Waals surface area contributed by atoms with E-state index >= 15 is 0 Å². The third kappa shape index (κ3) is 3.26. The van der Waals surface area contributed by atoms with E-state index in [9.17, 15) is 0 Å². The van der Waals surface area contributed by atoms with E-state index in [4.69, 9.17) is 15.3 Å². The van der Waals surface area contributed by atoms with Crippen LogP contribution in [0.4, 0.5) is 5.82 Å². The van der Waals surface area contributed by atoms with E-state index in [1.807, 2.05) is 0 Å². The lowest BCUT2D eigenvalue weighted by Crippen LogP contribution is -2.28. The lowest BCUT2D eigenvalue weighted by molar-refractivity contribution is 0.0919. The minimum Gasteiger partial charge on any atom is -0.489 e. The van der Waals surface area contributed by atoms with Gasteiger partial charge in [-0.1, -0.05) is 13.8 Å². The number of nitrogens with one attached hydrogen (secondary N) is 1. The molecule has 0 spiro atoms. The maximum Gasteiger partial charge on any atom is 0.262 e. The predicted molar refractivity (Wildman–Crippen MR) is 73.1 cm³/mol. The van der Waals surface area contributed by atoms with Crippen LogP contribution < -0.4 is 20.7 Å². The Labute approximate surface area is 113 Å². The molecule has 1 aromatic heterocycles. The van der Waals surface area contributed by atoms with E-state index < -0.39 is 0 Å². The second-order valence-electron chi connectivity index (χ2n) is 5.69. The Bertz CT molecular complexity index is 427. The fourth-order valence-electron chi connectivity index (χ4n) is 2.38. The molecule has 0 aliphatic heterocycles. The normalized spacial score (nSPS) is 18.9. The average Bonchev–Trinajstić information content (AvgIpc) is 2.40. The van der Waals surface area contributed by atoms with Gasteiger partial charge >= 0.3 is 0 Å². The topological polar surface area (TPSA) is 82.3 Å². The molecule has 106 valence electrons. The summed E-state index contributed by atoms with van der Waals surface area (Å²) in [6.07, 6.45) is 5.99. The van der Waals surface area contributed by atoms with Crippen molar-refractivity contribution in [3.63, 3.8) is 0 Å². The molecule has 0 saturated heterocycles. The van der Waals surface area contributed by atoms with Crippen molar-refractivity contribution < 1.29 is 9.47 Å². The number of nitrogen functional groups attached to an aromatic ring is 1. The minimum atomic E-state index is 0.183. The van der Waals surface area contributed by atoms with Gasteiger partial charge < -0.3 is 14.9 Å². The molecule has 1 aliphatic rings. The standard InChI is InChI=1S/C13H22N4O2/c1-13(2)6-4-9(5-7-13)19-12-10(18-3)11(17-14)15-8-16-12/h8-9H,4-7,14H2,1-3H3,(H,15,16,17). The molecule has 19 heavy (non-hydrogen) atoms. The van der Waals surface area contributed by atoms with Crippen molar-refractivity contribution in [3.05, 3.63) is 6.33 Å². The zero-order valence-electron chi connectivity index (χ0n) is 11.8. The summed E-state index contributed by atoms with van der Waals surface area (Å²) in [5.74, 6) is 6.73. The van der Waals surface area contributed by atoms with Gasteiger partial charge in [-0.15, -0.1) is 0 Å².